The zero-order valence-electron chi connectivity index (χ0n) is 9.67. The van der Waals surface area contributed by atoms with Crippen molar-refractivity contribution in [2.75, 3.05) is 0 Å². The topological polar surface area (TPSA) is 34.1 Å². The molecule has 0 amide bonds. The molecule has 1 saturated heterocycles. The quantitative estimate of drug-likeness (QED) is 0.754. The van der Waals surface area contributed by atoms with E-state index in [9.17, 15) is 8.42 Å². The molecular weight excluding hydrogens is 232 g/mol. The van der Waals surface area contributed by atoms with Crippen LogP contribution in [0.3, 0.4) is 0 Å². The summed E-state index contributed by atoms with van der Waals surface area (Å²) < 4.78 is 24.2. The first-order valence-corrected chi connectivity index (χ1v) is 7.76. The van der Waals surface area contributed by atoms with Crippen molar-refractivity contribution in [3.05, 3.63) is 47.5 Å². The number of benzene rings is 1. The lowest BCUT2D eigenvalue weighted by Crippen LogP contribution is -2.30. The molecule has 0 spiro atoms. The van der Waals surface area contributed by atoms with Crippen LogP contribution in [0.4, 0.5) is 0 Å². The van der Waals surface area contributed by atoms with Gasteiger partial charge in [0.2, 0.25) is 0 Å². The van der Waals surface area contributed by atoms with Crippen molar-refractivity contribution in [1.82, 2.24) is 0 Å². The summed E-state index contributed by atoms with van der Waals surface area (Å²) in [5, 5.41) is -0.388. The standard InChI is InChI=1S/C14H16O2S/c15-17(16)13-7-4-8-14(17)12(10-13)9-11-5-2-1-3-6-11/h1-3,5-6,10,13-14H,4,7-9H2/t13-,14-/m0/s1. The Kier molecular flexibility index (Phi) is 2.58. The molecule has 2 nitrogen and oxygen atoms in total. The fourth-order valence-corrected chi connectivity index (χ4v) is 5.33. The van der Waals surface area contributed by atoms with Crippen LogP contribution in [-0.2, 0) is 16.3 Å². The highest BCUT2D eigenvalue weighted by Crippen LogP contribution is 2.38. The minimum absolute atomic E-state index is 0.193. The fraction of sp³-hybridized carbons (Fsp3) is 0.429. The van der Waals surface area contributed by atoms with Crippen LogP contribution in [0.15, 0.2) is 42.0 Å². The molecule has 0 N–H and O–H groups in total. The van der Waals surface area contributed by atoms with Gasteiger partial charge < -0.3 is 0 Å². The van der Waals surface area contributed by atoms with E-state index in [1.165, 1.54) is 5.56 Å². The van der Waals surface area contributed by atoms with Crippen molar-refractivity contribution in [1.29, 1.82) is 0 Å². The van der Waals surface area contributed by atoms with Crippen LogP contribution in [0.5, 0.6) is 0 Å². The first-order valence-electron chi connectivity index (χ1n) is 6.15. The third-order valence-corrected chi connectivity index (χ3v) is 6.39. The van der Waals surface area contributed by atoms with Gasteiger partial charge in [0, 0.05) is 0 Å². The van der Waals surface area contributed by atoms with Crippen molar-refractivity contribution >= 4 is 9.84 Å². The first kappa shape index (κ1) is 11.0. The molecule has 17 heavy (non-hydrogen) atoms. The molecule has 1 fully saturated rings. The van der Waals surface area contributed by atoms with E-state index in [1.807, 2.05) is 24.3 Å². The van der Waals surface area contributed by atoms with Crippen LogP contribution in [-0.4, -0.2) is 18.9 Å². The van der Waals surface area contributed by atoms with Gasteiger partial charge in [0.05, 0.1) is 10.5 Å². The Balaban J connectivity index is 1.89. The summed E-state index contributed by atoms with van der Waals surface area (Å²) in [7, 11) is -2.89. The summed E-state index contributed by atoms with van der Waals surface area (Å²) in [5.41, 5.74) is 2.33. The fourth-order valence-electron chi connectivity index (χ4n) is 2.97. The van der Waals surface area contributed by atoms with Crippen LogP contribution in [0.25, 0.3) is 0 Å². The number of rotatable bonds is 2. The molecule has 0 aromatic heterocycles. The molecule has 0 radical (unpaired) electrons. The highest BCUT2D eigenvalue weighted by Gasteiger charge is 2.43. The average molecular weight is 248 g/mol. The number of hydrogen-bond acceptors (Lipinski definition) is 2. The zero-order valence-corrected chi connectivity index (χ0v) is 10.5. The highest BCUT2D eigenvalue weighted by atomic mass is 32.2. The Bertz CT molecular complexity index is 543. The molecule has 0 aliphatic carbocycles. The van der Waals surface area contributed by atoms with E-state index in [0.717, 1.165) is 31.3 Å². The van der Waals surface area contributed by atoms with Crippen LogP contribution >= 0.6 is 0 Å². The third-order valence-electron chi connectivity index (χ3n) is 3.84. The van der Waals surface area contributed by atoms with Gasteiger partial charge in [0.1, 0.15) is 0 Å². The molecule has 0 saturated carbocycles. The summed E-state index contributed by atoms with van der Waals surface area (Å²) in [6.07, 6.45) is 5.49. The predicted octanol–water partition coefficient (Wildman–Crippen LogP) is 2.51. The Morgan fingerprint density at radius 2 is 1.88 bits per heavy atom. The number of fused-ring (bicyclic) bond motifs is 2. The van der Waals surface area contributed by atoms with Gasteiger partial charge in [-0.3, -0.25) is 0 Å². The van der Waals surface area contributed by atoms with E-state index in [2.05, 4.69) is 12.1 Å². The van der Waals surface area contributed by atoms with Gasteiger partial charge in [0.15, 0.2) is 9.84 Å². The molecule has 3 heteroatoms. The van der Waals surface area contributed by atoms with E-state index >= 15 is 0 Å². The van der Waals surface area contributed by atoms with E-state index in [4.69, 9.17) is 0 Å². The van der Waals surface area contributed by atoms with E-state index < -0.39 is 9.84 Å². The molecule has 3 rings (SSSR count). The van der Waals surface area contributed by atoms with E-state index in [1.54, 1.807) is 0 Å². The Morgan fingerprint density at radius 1 is 1.12 bits per heavy atom. The Morgan fingerprint density at radius 3 is 2.59 bits per heavy atom. The minimum atomic E-state index is -2.89. The third kappa shape index (κ3) is 1.82. The second kappa shape index (κ2) is 3.98. The summed E-state index contributed by atoms with van der Waals surface area (Å²) in [6.45, 7) is 0. The molecule has 0 unspecified atom stereocenters. The van der Waals surface area contributed by atoms with Gasteiger partial charge in [-0.25, -0.2) is 8.42 Å². The van der Waals surface area contributed by atoms with E-state index in [-0.39, 0.29) is 10.5 Å². The summed E-state index contributed by atoms with van der Waals surface area (Å²) in [6, 6.07) is 10.1. The van der Waals surface area contributed by atoms with Gasteiger partial charge >= 0.3 is 0 Å². The maximum atomic E-state index is 12.1. The van der Waals surface area contributed by atoms with Crippen LogP contribution in [0.2, 0.25) is 0 Å². The maximum absolute atomic E-state index is 12.1. The lowest BCUT2D eigenvalue weighted by Gasteiger charge is -2.21. The van der Waals surface area contributed by atoms with Gasteiger partial charge in [-0.15, -0.1) is 0 Å². The van der Waals surface area contributed by atoms with Crippen LogP contribution in [0.1, 0.15) is 24.8 Å². The largest absolute Gasteiger partial charge is 0.228 e. The average Bonchev–Trinajstić information content (AvgIpc) is 2.50. The van der Waals surface area contributed by atoms with Crippen molar-refractivity contribution in [3.63, 3.8) is 0 Å². The second-order valence-corrected chi connectivity index (χ2v) is 7.30. The van der Waals surface area contributed by atoms with E-state index in [0.29, 0.717) is 0 Å². The molecule has 2 aliphatic rings. The zero-order chi connectivity index (χ0) is 11.9. The molecule has 90 valence electrons. The smallest absolute Gasteiger partial charge is 0.163 e. The van der Waals surface area contributed by atoms with Crippen molar-refractivity contribution in [2.24, 2.45) is 0 Å². The molecule has 2 bridgehead atoms. The van der Waals surface area contributed by atoms with Gasteiger partial charge in [-0.05, 0) is 24.8 Å². The molecular formula is C14H16O2S. The van der Waals surface area contributed by atoms with Gasteiger partial charge in [-0.1, -0.05) is 48.4 Å². The lowest BCUT2D eigenvalue weighted by atomic mass is 10.0. The first-order chi connectivity index (χ1) is 8.18. The Labute approximate surface area is 102 Å². The summed E-state index contributed by atoms with van der Waals surface area (Å²) in [5.74, 6) is 0. The predicted molar refractivity (Wildman–Crippen MR) is 68.6 cm³/mol. The van der Waals surface area contributed by atoms with Crippen molar-refractivity contribution in [3.8, 4) is 0 Å². The lowest BCUT2D eigenvalue weighted by molar-refractivity contribution is 0.548. The van der Waals surface area contributed by atoms with Gasteiger partial charge in [0.25, 0.3) is 0 Å². The molecule has 2 aliphatic heterocycles. The van der Waals surface area contributed by atoms with Crippen LogP contribution < -0.4 is 0 Å². The SMILES string of the molecule is O=S1(=O)[C@@H]2C=C(Cc3ccccc3)[C@@H]1CCC2. The number of hydrogen-bond donors (Lipinski definition) is 0. The van der Waals surface area contributed by atoms with Crippen molar-refractivity contribution < 1.29 is 8.42 Å². The van der Waals surface area contributed by atoms with Gasteiger partial charge in [-0.2, -0.15) is 0 Å². The molecule has 2 atom stereocenters. The molecule has 1 aromatic carbocycles. The minimum Gasteiger partial charge on any atom is -0.228 e. The summed E-state index contributed by atoms with van der Waals surface area (Å²) >= 11 is 0. The Hall–Kier alpha value is -1.09. The highest BCUT2D eigenvalue weighted by molar-refractivity contribution is 7.93. The normalized spacial score (nSPS) is 30.0. The summed E-state index contributed by atoms with van der Waals surface area (Å²) in [4.78, 5) is 0. The second-order valence-electron chi connectivity index (χ2n) is 4.95. The monoisotopic (exact) mass is 248 g/mol. The van der Waals surface area contributed by atoms with Crippen molar-refractivity contribution in [2.45, 2.75) is 36.2 Å². The maximum Gasteiger partial charge on any atom is 0.163 e. The number of sulfone groups is 1. The van der Waals surface area contributed by atoms with Crippen LogP contribution in [0, 0.1) is 0 Å². The molecule has 2 heterocycles. The molecule has 1 aromatic rings.